The molecule has 1 saturated heterocycles. The summed E-state index contributed by atoms with van der Waals surface area (Å²) in [5.41, 5.74) is 1.33. The van der Waals surface area contributed by atoms with Crippen molar-refractivity contribution in [3.05, 3.63) is 17.7 Å². The fraction of sp³-hybridized carbons (Fsp3) is 0.769. The lowest BCUT2D eigenvalue weighted by atomic mass is 10.0. The van der Waals surface area contributed by atoms with Gasteiger partial charge in [-0.1, -0.05) is 0 Å². The Morgan fingerprint density at radius 2 is 2.41 bits per heavy atom. The molecule has 94 valence electrons. The standard InChI is InChI=1S/C13H20N2OS/c16-8-12-3-1-2-11-7-14-13(15(11)12)6-10-4-5-17-9-10/h7,10,12,16H,1-6,8-9H2. The molecule has 0 aromatic carbocycles. The lowest BCUT2D eigenvalue weighted by molar-refractivity contribution is 0.203. The van der Waals surface area contributed by atoms with Crippen molar-refractivity contribution in [2.24, 2.45) is 5.92 Å². The Labute approximate surface area is 107 Å². The molecule has 1 aromatic rings. The van der Waals surface area contributed by atoms with Crippen LogP contribution in [0.5, 0.6) is 0 Å². The van der Waals surface area contributed by atoms with Gasteiger partial charge in [0.05, 0.1) is 12.6 Å². The van der Waals surface area contributed by atoms with Gasteiger partial charge in [0.1, 0.15) is 5.82 Å². The first-order valence-electron chi connectivity index (χ1n) is 6.62. The summed E-state index contributed by atoms with van der Waals surface area (Å²) >= 11 is 2.06. The minimum absolute atomic E-state index is 0.260. The smallest absolute Gasteiger partial charge is 0.109 e. The zero-order valence-electron chi connectivity index (χ0n) is 10.1. The van der Waals surface area contributed by atoms with Crippen molar-refractivity contribution >= 4 is 11.8 Å². The van der Waals surface area contributed by atoms with E-state index in [9.17, 15) is 5.11 Å². The van der Waals surface area contributed by atoms with E-state index in [4.69, 9.17) is 0 Å². The van der Waals surface area contributed by atoms with Gasteiger partial charge < -0.3 is 9.67 Å². The van der Waals surface area contributed by atoms with Gasteiger partial charge in [0.15, 0.2) is 0 Å². The maximum absolute atomic E-state index is 9.49. The van der Waals surface area contributed by atoms with Crippen molar-refractivity contribution in [3.63, 3.8) is 0 Å². The summed E-state index contributed by atoms with van der Waals surface area (Å²) in [6.45, 7) is 0.260. The highest BCUT2D eigenvalue weighted by atomic mass is 32.2. The Morgan fingerprint density at radius 1 is 1.47 bits per heavy atom. The Kier molecular flexibility index (Phi) is 3.43. The van der Waals surface area contributed by atoms with Gasteiger partial charge in [0, 0.05) is 18.3 Å². The molecule has 3 heterocycles. The Balaban J connectivity index is 1.82. The summed E-state index contributed by atoms with van der Waals surface area (Å²) in [6, 6.07) is 0.283. The van der Waals surface area contributed by atoms with Crippen LogP contribution in [0.3, 0.4) is 0 Å². The van der Waals surface area contributed by atoms with Crippen molar-refractivity contribution in [2.45, 2.75) is 38.1 Å². The van der Waals surface area contributed by atoms with Crippen molar-refractivity contribution in [3.8, 4) is 0 Å². The number of fused-ring (bicyclic) bond motifs is 1. The van der Waals surface area contributed by atoms with Crippen LogP contribution in [-0.2, 0) is 12.8 Å². The van der Waals surface area contributed by atoms with Crippen molar-refractivity contribution in [1.82, 2.24) is 9.55 Å². The summed E-state index contributed by atoms with van der Waals surface area (Å²) in [7, 11) is 0. The molecule has 2 atom stereocenters. The SMILES string of the molecule is OCC1CCCc2cnc(CC3CCSC3)n21. The second-order valence-corrected chi connectivity index (χ2v) is 6.35. The molecule has 1 N–H and O–H groups in total. The van der Waals surface area contributed by atoms with Crippen molar-refractivity contribution < 1.29 is 5.11 Å². The quantitative estimate of drug-likeness (QED) is 0.894. The molecule has 1 fully saturated rings. The van der Waals surface area contributed by atoms with Crippen molar-refractivity contribution in [1.29, 1.82) is 0 Å². The third-order valence-electron chi connectivity index (χ3n) is 3.99. The van der Waals surface area contributed by atoms with E-state index in [2.05, 4.69) is 21.3 Å². The normalized spacial score (nSPS) is 28.3. The van der Waals surface area contributed by atoms with E-state index >= 15 is 0 Å². The molecule has 2 aliphatic heterocycles. The zero-order chi connectivity index (χ0) is 11.7. The zero-order valence-corrected chi connectivity index (χ0v) is 11.0. The first-order chi connectivity index (χ1) is 8.38. The summed E-state index contributed by atoms with van der Waals surface area (Å²) in [5, 5.41) is 9.49. The van der Waals surface area contributed by atoms with Gasteiger partial charge in [-0.25, -0.2) is 4.98 Å². The molecule has 3 nitrogen and oxygen atoms in total. The average molecular weight is 252 g/mol. The summed E-state index contributed by atoms with van der Waals surface area (Å²) < 4.78 is 2.33. The number of aryl methyl sites for hydroxylation is 1. The highest BCUT2D eigenvalue weighted by molar-refractivity contribution is 7.99. The number of hydrogen-bond donors (Lipinski definition) is 1. The predicted octanol–water partition coefficient (Wildman–Crippen LogP) is 2.05. The second-order valence-electron chi connectivity index (χ2n) is 5.20. The summed E-state index contributed by atoms with van der Waals surface area (Å²) in [6.07, 6.45) is 7.88. The second kappa shape index (κ2) is 5.02. The van der Waals surface area contributed by atoms with Crippen LogP contribution in [0.15, 0.2) is 6.20 Å². The number of aliphatic hydroxyl groups is 1. The molecule has 0 radical (unpaired) electrons. The lowest BCUT2D eigenvalue weighted by Crippen LogP contribution is -2.23. The van der Waals surface area contributed by atoms with Gasteiger partial charge >= 0.3 is 0 Å². The maximum atomic E-state index is 9.49. The number of aliphatic hydroxyl groups excluding tert-OH is 1. The molecule has 4 heteroatoms. The molecule has 0 spiro atoms. The molecular weight excluding hydrogens is 232 g/mol. The molecule has 0 bridgehead atoms. The minimum Gasteiger partial charge on any atom is -0.394 e. The van der Waals surface area contributed by atoms with E-state index in [1.165, 1.54) is 35.9 Å². The fourth-order valence-electron chi connectivity index (χ4n) is 3.04. The minimum atomic E-state index is 0.260. The first kappa shape index (κ1) is 11.6. The summed E-state index contributed by atoms with van der Waals surface area (Å²) in [4.78, 5) is 4.60. The van der Waals surface area contributed by atoms with Gasteiger partial charge in [-0.15, -0.1) is 0 Å². The van der Waals surface area contributed by atoms with Crippen LogP contribution in [0.25, 0.3) is 0 Å². The van der Waals surface area contributed by atoms with E-state index in [0.29, 0.717) is 0 Å². The van der Waals surface area contributed by atoms with Gasteiger partial charge in [0.2, 0.25) is 0 Å². The van der Waals surface area contributed by atoms with Crippen LogP contribution >= 0.6 is 11.8 Å². The largest absolute Gasteiger partial charge is 0.394 e. The Hall–Kier alpha value is -0.480. The van der Waals surface area contributed by atoms with Gasteiger partial charge in [-0.05, 0) is 43.1 Å². The molecule has 0 aliphatic carbocycles. The Bertz CT molecular complexity index is 385. The van der Waals surface area contributed by atoms with Gasteiger partial charge in [0.25, 0.3) is 0 Å². The monoisotopic (exact) mass is 252 g/mol. The first-order valence-corrected chi connectivity index (χ1v) is 7.77. The molecule has 2 aliphatic rings. The highest BCUT2D eigenvalue weighted by Gasteiger charge is 2.25. The molecular formula is C13H20N2OS. The number of aromatic nitrogens is 2. The Morgan fingerprint density at radius 3 is 3.18 bits per heavy atom. The van der Waals surface area contributed by atoms with E-state index in [-0.39, 0.29) is 12.6 Å². The molecule has 0 amide bonds. The van der Waals surface area contributed by atoms with Crippen LogP contribution < -0.4 is 0 Å². The van der Waals surface area contributed by atoms with E-state index in [0.717, 1.165) is 25.2 Å². The molecule has 1 aromatic heterocycles. The third-order valence-corrected chi connectivity index (χ3v) is 5.22. The molecule has 17 heavy (non-hydrogen) atoms. The topological polar surface area (TPSA) is 38.1 Å². The lowest BCUT2D eigenvalue weighted by Gasteiger charge is -2.26. The number of rotatable bonds is 3. The van der Waals surface area contributed by atoms with Crippen LogP contribution in [-0.4, -0.2) is 32.8 Å². The van der Waals surface area contributed by atoms with Gasteiger partial charge in [-0.2, -0.15) is 11.8 Å². The molecule has 3 rings (SSSR count). The van der Waals surface area contributed by atoms with Crippen LogP contribution in [0.1, 0.15) is 36.8 Å². The van der Waals surface area contributed by atoms with Crippen LogP contribution in [0, 0.1) is 5.92 Å². The van der Waals surface area contributed by atoms with E-state index in [1.54, 1.807) is 0 Å². The average Bonchev–Trinajstić information content (AvgIpc) is 2.99. The highest BCUT2D eigenvalue weighted by Crippen LogP contribution is 2.30. The predicted molar refractivity (Wildman–Crippen MR) is 70.4 cm³/mol. The summed E-state index contributed by atoms with van der Waals surface area (Å²) in [5.74, 6) is 4.60. The molecule has 0 saturated carbocycles. The van der Waals surface area contributed by atoms with Crippen LogP contribution in [0.4, 0.5) is 0 Å². The van der Waals surface area contributed by atoms with Crippen molar-refractivity contribution in [2.75, 3.05) is 18.1 Å². The van der Waals surface area contributed by atoms with E-state index in [1.807, 2.05) is 6.20 Å². The maximum Gasteiger partial charge on any atom is 0.109 e. The molecule has 2 unspecified atom stereocenters. The van der Waals surface area contributed by atoms with E-state index < -0.39 is 0 Å². The number of imidazole rings is 1. The number of thioether (sulfide) groups is 1. The van der Waals surface area contributed by atoms with Gasteiger partial charge in [-0.3, -0.25) is 0 Å². The number of nitrogens with zero attached hydrogens (tertiary/aromatic N) is 2. The van der Waals surface area contributed by atoms with Crippen LogP contribution in [0.2, 0.25) is 0 Å². The fourth-order valence-corrected chi connectivity index (χ4v) is 4.33. The number of hydrogen-bond acceptors (Lipinski definition) is 3. The third kappa shape index (κ3) is 2.25.